The molecular weight excluding hydrogens is 280 g/mol. The molecule has 6 nitrogen and oxygen atoms in total. The Morgan fingerprint density at radius 3 is 2.59 bits per heavy atom. The molecule has 0 unspecified atom stereocenters. The zero-order chi connectivity index (χ0) is 16.3. The number of nitro groups is 1. The number of hydrogen-bond donors (Lipinski definition) is 1. The molecule has 0 spiro atoms. The van der Waals surface area contributed by atoms with Crippen LogP contribution in [0.2, 0.25) is 0 Å². The van der Waals surface area contributed by atoms with Crippen LogP contribution in [0.5, 0.6) is 0 Å². The van der Waals surface area contributed by atoms with Crippen molar-refractivity contribution in [1.82, 2.24) is 4.57 Å². The van der Waals surface area contributed by atoms with Crippen LogP contribution in [-0.4, -0.2) is 15.7 Å². The molecule has 0 atom stereocenters. The zero-order valence-corrected chi connectivity index (χ0v) is 13.2. The minimum absolute atomic E-state index is 0.00676. The van der Waals surface area contributed by atoms with E-state index in [0.29, 0.717) is 11.7 Å². The van der Waals surface area contributed by atoms with Crippen LogP contribution in [0.1, 0.15) is 36.8 Å². The number of anilines is 1. The Morgan fingerprint density at radius 2 is 2.00 bits per heavy atom. The smallest absolute Gasteiger partial charge is 0.294 e. The van der Waals surface area contributed by atoms with E-state index in [0.717, 1.165) is 11.3 Å². The number of aryl methyl sites for hydroxylation is 1. The number of nitrogens with one attached hydrogen (secondary N) is 1. The molecule has 6 heteroatoms. The number of hydrazone groups is 1. The van der Waals surface area contributed by atoms with Crippen molar-refractivity contribution in [3.05, 3.63) is 57.4 Å². The number of hydrogen-bond acceptors (Lipinski definition) is 4. The summed E-state index contributed by atoms with van der Waals surface area (Å²) in [5.41, 5.74) is 6.42. The molecule has 0 radical (unpaired) electrons. The summed E-state index contributed by atoms with van der Waals surface area (Å²) in [6.07, 6.45) is 1.69. The van der Waals surface area contributed by atoms with Crippen LogP contribution in [0.15, 0.2) is 35.4 Å². The Kier molecular flexibility index (Phi) is 4.60. The van der Waals surface area contributed by atoms with Crippen molar-refractivity contribution in [2.75, 3.05) is 5.43 Å². The van der Waals surface area contributed by atoms with Gasteiger partial charge in [-0.05, 0) is 39.8 Å². The highest BCUT2D eigenvalue weighted by molar-refractivity contribution is 5.82. The summed E-state index contributed by atoms with van der Waals surface area (Å²) in [6.45, 7) is 8.36. The Labute approximate surface area is 129 Å². The molecule has 0 fully saturated rings. The minimum Gasteiger partial charge on any atom is -0.346 e. The van der Waals surface area contributed by atoms with Crippen LogP contribution >= 0.6 is 0 Å². The SMILES string of the molecule is Cc1cc(/C=N\Nc2ccccc2[N+](=O)[O-])c(C)n1C(C)C. The number of benzene rings is 1. The summed E-state index contributed by atoms with van der Waals surface area (Å²) in [5, 5.41) is 15.1. The van der Waals surface area contributed by atoms with Gasteiger partial charge in [0.25, 0.3) is 5.69 Å². The first-order valence-electron chi connectivity index (χ1n) is 7.12. The number of para-hydroxylation sites is 2. The average Bonchev–Trinajstić information content (AvgIpc) is 2.74. The highest BCUT2D eigenvalue weighted by Crippen LogP contribution is 2.23. The van der Waals surface area contributed by atoms with E-state index in [1.54, 1.807) is 24.4 Å². The van der Waals surface area contributed by atoms with Gasteiger partial charge in [-0.2, -0.15) is 5.10 Å². The van der Waals surface area contributed by atoms with E-state index in [-0.39, 0.29) is 5.69 Å². The first-order chi connectivity index (χ1) is 10.4. The predicted octanol–water partition coefficient (Wildman–Crippen LogP) is 4.04. The van der Waals surface area contributed by atoms with Crippen molar-refractivity contribution in [1.29, 1.82) is 0 Å². The van der Waals surface area contributed by atoms with Gasteiger partial charge < -0.3 is 4.57 Å². The second-order valence-electron chi connectivity index (χ2n) is 5.43. The van der Waals surface area contributed by atoms with Gasteiger partial charge in [0.15, 0.2) is 0 Å². The molecule has 0 aliphatic rings. The van der Waals surface area contributed by atoms with Crippen LogP contribution in [-0.2, 0) is 0 Å². The van der Waals surface area contributed by atoms with Crippen LogP contribution in [0.3, 0.4) is 0 Å². The third-order valence-corrected chi connectivity index (χ3v) is 3.53. The largest absolute Gasteiger partial charge is 0.346 e. The molecule has 0 bridgehead atoms. The second kappa shape index (κ2) is 6.43. The molecule has 0 aliphatic heterocycles. The summed E-state index contributed by atoms with van der Waals surface area (Å²) in [4.78, 5) is 10.5. The molecule has 1 N–H and O–H groups in total. The number of nitrogens with zero attached hydrogens (tertiary/aromatic N) is 3. The molecule has 0 aliphatic carbocycles. The van der Waals surface area contributed by atoms with E-state index in [2.05, 4.69) is 41.9 Å². The third-order valence-electron chi connectivity index (χ3n) is 3.53. The zero-order valence-electron chi connectivity index (χ0n) is 13.2. The molecule has 116 valence electrons. The summed E-state index contributed by atoms with van der Waals surface area (Å²) < 4.78 is 2.23. The Bertz CT molecular complexity index is 717. The van der Waals surface area contributed by atoms with Gasteiger partial charge in [0, 0.05) is 29.1 Å². The molecule has 1 aromatic heterocycles. The molecule has 2 aromatic rings. The minimum atomic E-state index is -0.428. The summed E-state index contributed by atoms with van der Waals surface area (Å²) in [7, 11) is 0. The average molecular weight is 300 g/mol. The summed E-state index contributed by atoms with van der Waals surface area (Å²) >= 11 is 0. The lowest BCUT2D eigenvalue weighted by Crippen LogP contribution is -2.05. The van der Waals surface area contributed by atoms with Gasteiger partial charge in [-0.25, -0.2) is 0 Å². The highest BCUT2D eigenvalue weighted by atomic mass is 16.6. The number of aromatic nitrogens is 1. The predicted molar refractivity (Wildman–Crippen MR) is 88.6 cm³/mol. The lowest BCUT2D eigenvalue weighted by Gasteiger charge is -2.13. The molecule has 0 amide bonds. The monoisotopic (exact) mass is 300 g/mol. The standard InChI is InChI=1S/C16H20N4O2/c1-11(2)19-12(3)9-14(13(19)4)10-17-18-15-7-5-6-8-16(15)20(21)22/h5-11,18H,1-4H3/b17-10-. The van der Waals surface area contributed by atoms with Crippen LogP contribution in [0.4, 0.5) is 11.4 Å². The Hall–Kier alpha value is -2.63. The first-order valence-corrected chi connectivity index (χ1v) is 7.12. The van der Waals surface area contributed by atoms with E-state index in [1.165, 1.54) is 11.8 Å². The molecule has 1 heterocycles. The second-order valence-corrected chi connectivity index (χ2v) is 5.43. The Morgan fingerprint density at radius 1 is 1.32 bits per heavy atom. The van der Waals surface area contributed by atoms with Gasteiger partial charge in [-0.3, -0.25) is 15.5 Å². The van der Waals surface area contributed by atoms with Crippen molar-refractivity contribution < 1.29 is 4.92 Å². The van der Waals surface area contributed by atoms with Gasteiger partial charge in [-0.15, -0.1) is 0 Å². The van der Waals surface area contributed by atoms with Crippen molar-refractivity contribution in [2.45, 2.75) is 33.7 Å². The number of rotatable bonds is 5. The van der Waals surface area contributed by atoms with Crippen molar-refractivity contribution >= 4 is 17.6 Å². The summed E-state index contributed by atoms with van der Waals surface area (Å²) in [5.74, 6) is 0. The maximum absolute atomic E-state index is 10.9. The van der Waals surface area contributed by atoms with Crippen molar-refractivity contribution in [3.8, 4) is 0 Å². The number of nitro benzene ring substituents is 1. The van der Waals surface area contributed by atoms with Crippen LogP contribution in [0.25, 0.3) is 0 Å². The Balaban J connectivity index is 2.21. The van der Waals surface area contributed by atoms with Gasteiger partial charge in [0.2, 0.25) is 0 Å². The van der Waals surface area contributed by atoms with Gasteiger partial charge >= 0.3 is 0 Å². The third kappa shape index (κ3) is 3.16. The molecule has 0 saturated heterocycles. The molecular formula is C16H20N4O2. The molecule has 2 rings (SSSR count). The maximum atomic E-state index is 10.9. The van der Waals surface area contributed by atoms with Crippen LogP contribution < -0.4 is 5.43 Å². The van der Waals surface area contributed by atoms with Gasteiger partial charge in [0.1, 0.15) is 5.69 Å². The van der Waals surface area contributed by atoms with Crippen LogP contribution in [0, 0.1) is 24.0 Å². The quantitative estimate of drug-likeness (QED) is 0.514. The maximum Gasteiger partial charge on any atom is 0.294 e. The highest BCUT2D eigenvalue weighted by Gasteiger charge is 2.12. The lowest BCUT2D eigenvalue weighted by atomic mass is 10.2. The topological polar surface area (TPSA) is 72.5 Å². The van der Waals surface area contributed by atoms with Crippen molar-refractivity contribution in [3.63, 3.8) is 0 Å². The normalized spacial score (nSPS) is 11.3. The molecule has 0 saturated carbocycles. The van der Waals surface area contributed by atoms with Gasteiger partial charge in [0.05, 0.1) is 11.1 Å². The summed E-state index contributed by atoms with van der Waals surface area (Å²) in [6, 6.07) is 8.87. The fourth-order valence-electron chi connectivity index (χ4n) is 2.63. The fourth-order valence-corrected chi connectivity index (χ4v) is 2.63. The molecule has 22 heavy (non-hydrogen) atoms. The lowest BCUT2D eigenvalue weighted by molar-refractivity contribution is -0.384. The van der Waals surface area contributed by atoms with E-state index in [9.17, 15) is 10.1 Å². The van der Waals surface area contributed by atoms with E-state index < -0.39 is 4.92 Å². The van der Waals surface area contributed by atoms with E-state index in [4.69, 9.17) is 0 Å². The van der Waals surface area contributed by atoms with Crippen molar-refractivity contribution in [2.24, 2.45) is 5.10 Å². The fraction of sp³-hybridized carbons (Fsp3) is 0.312. The van der Waals surface area contributed by atoms with E-state index >= 15 is 0 Å². The first kappa shape index (κ1) is 15.8. The van der Waals surface area contributed by atoms with Gasteiger partial charge in [-0.1, -0.05) is 12.1 Å². The molecule has 1 aromatic carbocycles. The van der Waals surface area contributed by atoms with E-state index in [1.807, 2.05) is 6.92 Å².